The van der Waals surface area contributed by atoms with Crippen molar-refractivity contribution in [2.24, 2.45) is 5.92 Å². The quantitative estimate of drug-likeness (QED) is 0.0967. The van der Waals surface area contributed by atoms with Crippen LogP contribution in [0.4, 0.5) is 0 Å². The fourth-order valence-corrected chi connectivity index (χ4v) is 8.90. The maximum Gasteiger partial charge on any atom is 0.184 e. The summed E-state index contributed by atoms with van der Waals surface area (Å²) in [6.45, 7) is 8.32. The van der Waals surface area contributed by atoms with Crippen LogP contribution in [0.1, 0.15) is 89.3 Å². The average molecular weight is 748 g/mol. The summed E-state index contributed by atoms with van der Waals surface area (Å²) < 4.78 is 4.30. The lowest BCUT2D eigenvalue weighted by molar-refractivity contribution is 0.0963. The Bertz CT molecular complexity index is 2620. The second kappa shape index (κ2) is 14.8. The van der Waals surface area contributed by atoms with E-state index in [1.165, 1.54) is 11.1 Å². The van der Waals surface area contributed by atoms with Gasteiger partial charge in [-0.3, -0.25) is 4.79 Å². The van der Waals surface area contributed by atoms with E-state index in [0.717, 1.165) is 75.2 Å². The van der Waals surface area contributed by atoms with E-state index in [2.05, 4.69) is 146 Å². The van der Waals surface area contributed by atoms with Crippen LogP contribution in [-0.4, -0.2) is 40.5 Å². The Kier molecular flexibility index (Phi) is 9.41. The third-order valence-corrected chi connectivity index (χ3v) is 11.4. The van der Waals surface area contributed by atoms with Crippen molar-refractivity contribution < 1.29 is 4.79 Å². The zero-order valence-electron chi connectivity index (χ0n) is 32.8. The Hall–Kier alpha value is -6.54. The number of rotatable bonds is 11. The summed E-state index contributed by atoms with van der Waals surface area (Å²) in [5, 5.41) is 14.0. The molecule has 5 aromatic carbocycles. The Morgan fingerprint density at radius 2 is 1.39 bits per heavy atom. The van der Waals surface area contributed by atoms with E-state index in [9.17, 15) is 4.79 Å². The Labute approximate surface area is 333 Å². The Morgan fingerprint density at radius 1 is 0.772 bits per heavy atom. The molecule has 1 aliphatic carbocycles. The van der Waals surface area contributed by atoms with Crippen molar-refractivity contribution in [3.63, 3.8) is 0 Å². The van der Waals surface area contributed by atoms with E-state index in [4.69, 9.17) is 20.3 Å². The van der Waals surface area contributed by atoms with Crippen LogP contribution in [-0.2, 0) is 18.4 Å². The topological polar surface area (TPSA) is 91.4 Å². The number of Topliss-reactive ketones (excluding diaryl/α,β-unsaturated/α-hetero) is 1. The number of hydrogen-bond acceptors (Lipinski definition) is 6. The molecule has 9 rings (SSSR count). The second-order valence-electron chi connectivity index (χ2n) is 15.5. The van der Waals surface area contributed by atoms with Crippen molar-refractivity contribution in [3.05, 3.63) is 184 Å². The van der Waals surface area contributed by atoms with E-state index >= 15 is 0 Å². The first-order chi connectivity index (χ1) is 27.9. The Morgan fingerprint density at radius 3 is 2.00 bits per heavy atom. The average Bonchev–Trinajstić information content (AvgIpc) is 3.99. The van der Waals surface area contributed by atoms with E-state index < -0.39 is 5.54 Å². The smallest absolute Gasteiger partial charge is 0.184 e. The largest absolute Gasteiger partial charge is 0.305 e. The van der Waals surface area contributed by atoms with Gasteiger partial charge in [0.05, 0.1) is 6.04 Å². The van der Waals surface area contributed by atoms with Gasteiger partial charge in [0, 0.05) is 18.4 Å². The molecule has 282 valence electrons. The van der Waals surface area contributed by atoms with E-state index in [-0.39, 0.29) is 17.7 Å². The first-order valence-electron chi connectivity index (χ1n) is 20.0. The fourth-order valence-electron chi connectivity index (χ4n) is 8.90. The first kappa shape index (κ1) is 36.1. The fraction of sp³-hybridized carbons (Fsp3) is 0.224. The number of ketones is 1. The van der Waals surface area contributed by atoms with Gasteiger partial charge in [-0.15, -0.1) is 5.10 Å². The maximum atomic E-state index is 13.2. The zero-order valence-corrected chi connectivity index (χ0v) is 32.8. The van der Waals surface area contributed by atoms with E-state index in [1.807, 2.05) is 35.9 Å². The van der Waals surface area contributed by atoms with Gasteiger partial charge in [-0.25, -0.2) is 14.6 Å². The molecule has 8 heteroatoms. The van der Waals surface area contributed by atoms with Crippen LogP contribution < -0.4 is 0 Å². The molecule has 3 aromatic heterocycles. The maximum absolute atomic E-state index is 13.2. The third-order valence-electron chi connectivity index (χ3n) is 11.4. The molecule has 0 radical (unpaired) electrons. The number of carbonyl (C=O) groups is 1. The second-order valence-corrected chi connectivity index (χ2v) is 15.5. The lowest BCUT2D eigenvalue weighted by Gasteiger charge is -2.36. The van der Waals surface area contributed by atoms with Gasteiger partial charge in [0.25, 0.3) is 0 Å². The number of imidazole rings is 1. The highest BCUT2D eigenvalue weighted by Crippen LogP contribution is 2.45. The highest BCUT2D eigenvalue weighted by molar-refractivity contribution is 5.96. The molecule has 8 aromatic rings. The lowest BCUT2D eigenvalue weighted by atomic mass is 9.77. The number of nitrogens with zero attached hydrogens (tertiary/aromatic N) is 7. The van der Waals surface area contributed by atoms with Crippen LogP contribution >= 0.6 is 0 Å². The third kappa shape index (κ3) is 6.16. The molecule has 57 heavy (non-hydrogen) atoms. The molecule has 3 heterocycles. The van der Waals surface area contributed by atoms with Crippen molar-refractivity contribution in [3.8, 4) is 22.5 Å². The van der Waals surface area contributed by atoms with Gasteiger partial charge in [-0.2, -0.15) is 0 Å². The minimum absolute atomic E-state index is 0.0714. The predicted molar refractivity (Wildman–Crippen MR) is 225 cm³/mol. The molecule has 0 spiro atoms. The first-order valence-corrected chi connectivity index (χ1v) is 20.0. The van der Waals surface area contributed by atoms with Crippen molar-refractivity contribution in [1.82, 2.24) is 34.7 Å². The van der Waals surface area contributed by atoms with E-state index in [0.29, 0.717) is 17.9 Å². The van der Waals surface area contributed by atoms with Crippen molar-refractivity contribution in [1.29, 1.82) is 0 Å². The minimum Gasteiger partial charge on any atom is -0.305 e. The number of aromatic nitrogens is 7. The molecule has 0 saturated carbocycles. The number of tetrazole rings is 1. The predicted octanol–water partition coefficient (Wildman–Crippen LogP) is 10.2. The number of hydrogen-bond donors (Lipinski definition) is 0. The highest BCUT2D eigenvalue weighted by atomic mass is 16.1. The molecule has 0 saturated heterocycles. The normalized spacial score (nSPS) is 14.0. The van der Waals surface area contributed by atoms with Gasteiger partial charge in [-0.1, -0.05) is 154 Å². The monoisotopic (exact) mass is 747 g/mol. The molecule has 0 amide bonds. The number of carbonyl (C=O) groups excluding carboxylic acids is 1. The molecule has 1 atom stereocenters. The van der Waals surface area contributed by atoms with Crippen LogP contribution in [0.2, 0.25) is 0 Å². The molecule has 0 N–H and O–H groups in total. The molecule has 0 unspecified atom stereocenters. The summed E-state index contributed by atoms with van der Waals surface area (Å²) >= 11 is 0. The van der Waals surface area contributed by atoms with Crippen molar-refractivity contribution >= 4 is 16.9 Å². The summed E-state index contributed by atoms with van der Waals surface area (Å²) in [4.78, 5) is 23.3. The van der Waals surface area contributed by atoms with Crippen LogP contribution in [0.15, 0.2) is 140 Å². The Balaban J connectivity index is 1.16. The zero-order chi connectivity index (χ0) is 39.1. The molecule has 0 aliphatic heterocycles. The molecule has 1 aliphatic rings. The SMILES string of the molecule is CCc1nc2c(C)cc(C(=O)CC(C)C)nc2n1[C@H]1CCc2cc(-c3ccccc3-c3nnnn3C(c3ccccc3)(c3ccccc3)c3ccccc3)ccc21. The van der Waals surface area contributed by atoms with Crippen LogP contribution in [0.5, 0.6) is 0 Å². The van der Waals surface area contributed by atoms with Crippen LogP contribution in [0, 0.1) is 12.8 Å². The highest BCUT2D eigenvalue weighted by Gasteiger charge is 2.42. The summed E-state index contributed by atoms with van der Waals surface area (Å²) in [7, 11) is 0. The van der Waals surface area contributed by atoms with Gasteiger partial charge in [0.15, 0.2) is 17.3 Å². The molecular weight excluding hydrogens is 703 g/mol. The van der Waals surface area contributed by atoms with Gasteiger partial charge in [0.1, 0.15) is 22.6 Å². The van der Waals surface area contributed by atoms with Crippen LogP contribution in [0.3, 0.4) is 0 Å². The summed E-state index contributed by atoms with van der Waals surface area (Å²) in [5.41, 5.74) is 11.2. The summed E-state index contributed by atoms with van der Waals surface area (Å²) in [6, 6.07) is 48.7. The van der Waals surface area contributed by atoms with Gasteiger partial charge < -0.3 is 4.57 Å². The molecule has 0 fully saturated rings. The van der Waals surface area contributed by atoms with Crippen molar-refractivity contribution in [2.75, 3.05) is 0 Å². The number of fused-ring (bicyclic) bond motifs is 2. The van der Waals surface area contributed by atoms with Gasteiger partial charge >= 0.3 is 0 Å². The minimum atomic E-state index is -0.864. The summed E-state index contributed by atoms with van der Waals surface area (Å²) in [6.07, 6.45) is 3.09. The van der Waals surface area contributed by atoms with Gasteiger partial charge in [0.2, 0.25) is 0 Å². The molecular formula is C49H45N7O. The number of aryl methyl sites for hydroxylation is 3. The van der Waals surface area contributed by atoms with E-state index in [1.54, 1.807) is 0 Å². The molecule has 8 nitrogen and oxygen atoms in total. The number of pyridine rings is 1. The van der Waals surface area contributed by atoms with Gasteiger partial charge in [-0.05, 0) is 86.7 Å². The lowest BCUT2D eigenvalue weighted by Crippen LogP contribution is -2.39. The van der Waals surface area contributed by atoms with Crippen molar-refractivity contribution in [2.45, 2.75) is 65.0 Å². The van der Waals surface area contributed by atoms with Crippen LogP contribution in [0.25, 0.3) is 33.7 Å². The number of benzene rings is 5. The standard InChI is InChI=1S/C49H45N7O/c1-5-45-51-46-33(4)30-42(44(57)29-32(2)3)50-48(46)55(45)43-28-26-35-31-34(25-27-40(35)43)39-23-15-16-24-41(39)47-52-53-54-56(47)49(36-17-9-6-10-18-36,37-19-11-7-12-20-37)38-21-13-8-14-22-38/h6-25,27,30-32,43H,5,26,28-29H2,1-4H3/t43-/m0/s1. The summed E-state index contributed by atoms with van der Waals surface area (Å²) in [5.74, 6) is 2.00. The molecule has 0 bridgehead atoms.